The highest BCUT2D eigenvalue weighted by Gasteiger charge is 2.22. The van der Waals surface area contributed by atoms with E-state index in [1.807, 2.05) is 0 Å². The number of hydrogen-bond acceptors (Lipinski definition) is 4. The van der Waals surface area contributed by atoms with Crippen molar-refractivity contribution in [3.63, 3.8) is 0 Å². The van der Waals surface area contributed by atoms with Crippen molar-refractivity contribution in [1.29, 1.82) is 0 Å². The average Bonchev–Trinajstić information content (AvgIpc) is 2.37. The minimum atomic E-state index is -1.30. The lowest BCUT2D eigenvalue weighted by Crippen LogP contribution is -2.25. The maximum Gasteiger partial charge on any atom is 0.339 e. The van der Waals surface area contributed by atoms with E-state index in [0.717, 1.165) is 0 Å². The summed E-state index contributed by atoms with van der Waals surface area (Å²) in [4.78, 5) is 12.1. The molecule has 0 saturated heterocycles. The number of carbonyl (C=O) groups excluding carboxylic acids is 1. The zero-order chi connectivity index (χ0) is 14.6. The van der Waals surface area contributed by atoms with E-state index in [4.69, 9.17) is 13.2 Å². The van der Waals surface area contributed by atoms with E-state index < -0.39 is 24.6 Å². The molecule has 1 aromatic rings. The molecule has 0 aliphatic heterocycles. The van der Waals surface area contributed by atoms with E-state index in [1.54, 1.807) is 18.2 Å². The second kappa shape index (κ2) is 5.29. The van der Waals surface area contributed by atoms with Crippen LogP contribution in [0.4, 0.5) is 0 Å². The molecule has 94 valence electrons. The van der Waals surface area contributed by atoms with Gasteiger partial charge in [0.2, 0.25) is 0 Å². The number of esters is 1. The van der Waals surface area contributed by atoms with Crippen molar-refractivity contribution in [3.8, 4) is 0 Å². The second-order valence-corrected chi connectivity index (χ2v) is 4.33. The van der Waals surface area contributed by atoms with Gasteiger partial charge in [-0.3, -0.25) is 0 Å². The monoisotopic (exact) mass is 239 g/mol. The summed E-state index contributed by atoms with van der Waals surface area (Å²) >= 11 is 0. The number of rotatable bonds is 3. The molecule has 3 N–H and O–H groups in total. The normalized spacial score (nSPS) is 15.1. The molecular weight excluding hydrogens is 218 g/mol. The van der Waals surface area contributed by atoms with Gasteiger partial charge in [-0.05, 0) is 32.4 Å². The highest BCUT2D eigenvalue weighted by Crippen LogP contribution is 2.20. The molecule has 4 nitrogen and oxygen atoms in total. The van der Waals surface area contributed by atoms with Crippen molar-refractivity contribution in [2.24, 2.45) is 5.73 Å². The number of carbonyl (C=O) groups is 1. The van der Waals surface area contributed by atoms with Crippen LogP contribution in [-0.2, 0) is 4.74 Å². The number of ether oxygens (including phenoxy) is 1. The van der Waals surface area contributed by atoms with Gasteiger partial charge in [0.05, 0.1) is 11.7 Å². The zero-order valence-electron chi connectivity index (χ0n) is 12.0. The van der Waals surface area contributed by atoms with Crippen LogP contribution < -0.4 is 5.73 Å². The number of aliphatic hydroxyl groups is 1. The quantitative estimate of drug-likeness (QED) is 0.786. The Hall–Kier alpha value is -1.39. The summed E-state index contributed by atoms with van der Waals surface area (Å²) in [5, 5.41) is 9.76. The van der Waals surface area contributed by atoms with Crippen molar-refractivity contribution in [2.45, 2.75) is 32.4 Å². The van der Waals surface area contributed by atoms with Gasteiger partial charge in [0.25, 0.3) is 0 Å². The molecule has 0 amide bonds. The Kier molecular flexibility index (Phi) is 3.35. The summed E-state index contributed by atoms with van der Waals surface area (Å²) in [6.45, 7) is 1.69. The standard InChI is InChI=1S/C13H19NO3/c1-13(2,3)17-12(16)10-7-5-4-6-9(10)11(15)8-14/h4-7,11,15H,8,14H2,1-3H3/i1D2. The van der Waals surface area contributed by atoms with Crippen LogP contribution in [0.1, 0.15) is 45.5 Å². The third-order valence-corrected chi connectivity index (χ3v) is 2.12. The van der Waals surface area contributed by atoms with Crippen LogP contribution in [-0.4, -0.2) is 23.2 Å². The minimum Gasteiger partial charge on any atom is -0.456 e. The van der Waals surface area contributed by atoms with Crippen molar-refractivity contribution < 1.29 is 17.4 Å². The molecule has 0 radical (unpaired) electrons. The Morgan fingerprint density at radius 2 is 2.24 bits per heavy atom. The first kappa shape index (κ1) is 10.7. The highest BCUT2D eigenvalue weighted by atomic mass is 16.6. The van der Waals surface area contributed by atoms with Crippen LogP contribution in [0.15, 0.2) is 24.3 Å². The molecule has 0 saturated carbocycles. The molecule has 0 aliphatic carbocycles. The molecule has 1 unspecified atom stereocenters. The molecule has 0 spiro atoms. The molecule has 1 rings (SSSR count). The number of benzene rings is 1. The average molecular weight is 239 g/mol. The Morgan fingerprint density at radius 1 is 1.59 bits per heavy atom. The summed E-state index contributed by atoms with van der Waals surface area (Å²) in [7, 11) is 0. The summed E-state index contributed by atoms with van der Waals surface area (Å²) in [5.74, 6) is -0.669. The first-order valence-corrected chi connectivity index (χ1v) is 5.34. The smallest absolute Gasteiger partial charge is 0.339 e. The Labute approximate surface area is 104 Å². The van der Waals surface area contributed by atoms with E-state index in [9.17, 15) is 9.90 Å². The van der Waals surface area contributed by atoms with Crippen molar-refractivity contribution in [1.82, 2.24) is 0 Å². The van der Waals surface area contributed by atoms with Crippen LogP contribution in [0.25, 0.3) is 0 Å². The Bertz CT molecular complexity index is 449. The van der Waals surface area contributed by atoms with Gasteiger partial charge in [-0.25, -0.2) is 4.79 Å². The fourth-order valence-electron chi connectivity index (χ4n) is 1.39. The first-order valence-electron chi connectivity index (χ1n) is 6.50. The largest absolute Gasteiger partial charge is 0.456 e. The van der Waals surface area contributed by atoms with E-state index in [-0.39, 0.29) is 12.1 Å². The maximum absolute atomic E-state index is 12.1. The maximum atomic E-state index is 12.1. The molecule has 1 aromatic carbocycles. The first-order chi connectivity index (χ1) is 8.79. The molecule has 1 atom stereocenters. The molecule has 17 heavy (non-hydrogen) atoms. The topological polar surface area (TPSA) is 72.5 Å². The Balaban J connectivity index is 3.01. The van der Waals surface area contributed by atoms with Gasteiger partial charge in [-0.2, -0.15) is 0 Å². The zero-order valence-corrected chi connectivity index (χ0v) is 10.0. The highest BCUT2D eigenvalue weighted by molar-refractivity contribution is 5.91. The fourth-order valence-corrected chi connectivity index (χ4v) is 1.39. The molecule has 0 heterocycles. The van der Waals surface area contributed by atoms with Crippen LogP contribution in [0.5, 0.6) is 0 Å². The lowest BCUT2D eigenvalue weighted by Gasteiger charge is -2.21. The molecule has 0 aromatic heterocycles. The van der Waals surface area contributed by atoms with Crippen molar-refractivity contribution >= 4 is 5.97 Å². The van der Waals surface area contributed by atoms with E-state index in [2.05, 4.69) is 0 Å². The second-order valence-electron chi connectivity index (χ2n) is 4.33. The summed E-state index contributed by atoms with van der Waals surface area (Å²) < 4.78 is 19.8. The molecule has 0 fully saturated rings. The van der Waals surface area contributed by atoms with Crippen LogP contribution in [0.2, 0.25) is 0 Å². The van der Waals surface area contributed by atoms with E-state index >= 15 is 0 Å². The number of nitrogens with two attached hydrogens (primary N) is 1. The van der Waals surface area contributed by atoms with E-state index in [0.29, 0.717) is 5.56 Å². The van der Waals surface area contributed by atoms with Gasteiger partial charge in [0, 0.05) is 9.29 Å². The lowest BCUT2D eigenvalue weighted by atomic mass is 10.0. The van der Waals surface area contributed by atoms with Crippen LogP contribution in [0, 0.1) is 0 Å². The number of aliphatic hydroxyl groups excluding tert-OH is 1. The SMILES string of the molecule is [2H]C([2H])C(C)(C)OC(=O)c1ccccc1C(O)CN. The molecule has 4 heteroatoms. The molecule has 0 aliphatic rings. The Morgan fingerprint density at radius 3 is 2.82 bits per heavy atom. The van der Waals surface area contributed by atoms with Gasteiger partial charge >= 0.3 is 5.97 Å². The molecule has 0 bridgehead atoms. The molecular formula is C13H19NO3. The van der Waals surface area contributed by atoms with Gasteiger partial charge in [0.15, 0.2) is 0 Å². The number of hydrogen-bond donors (Lipinski definition) is 2. The van der Waals surface area contributed by atoms with Gasteiger partial charge < -0.3 is 15.6 Å². The van der Waals surface area contributed by atoms with Gasteiger partial charge in [-0.1, -0.05) is 18.2 Å². The summed E-state index contributed by atoms with van der Waals surface area (Å²) in [5.41, 5.74) is 4.75. The third kappa shape index (κ3) is 3.84. The van der Waals surface area contributed by atoms with Gasteiger partial charge in [-0.15, -0.1) is 0 Å². The summed E-state index contributed by atoms with van der Waals surface area (Å²) in [6.07, 6.45) is -0.949. The van der Waals surface area contributed by atoms with E-state index in [1.165, 1.54) is 19.9 Å². The predicted molar refractivity (Wildman–Crippen MR) is 65.6 cm³/mol. The van der Waals surface area contributed by atoms with Crippen molar-refractivity contribution in [2.75, 3.05) is 6.54 Å². The fraction of sp³-hybridized carbons (Fsp3) is 0.462. The van der Waals surface area contributed by atoms with Crippen molar-refractivity contribution in [3.05, 3.63) is 35.4 Å². The lowest BCUT2D eigenvalue weighted by molar-refractivity contribution is 0.00644. The minimum absolute atomic E-state index is 0.00675. The third-order valence-electron chi connectivity index (χ3n) is 2.12. The van der Waals surface area contributed by atoms with Gasteiger partial charge in [0.1, 0.15) is 5.60 Å². The predicted octanol–water partition coefficient (Wildman–Crippen LogP) is 1.63. The summed E-state index contributed by atoms with van der Waals surface area (Å²) in [6, 6.07) is 6.46. The van der Waals surface area contributed by atoms with Crippen LogP contribution >= 0.6 is 0 Å². The van der Waals surface area contributed by atoms with Crippen LogP contribution in [0.3, 0.4) is 0 Å².